The molecule has 2 amide bonds. The standard InChI is InChI=1S/C21H24IN3O3/c22-17-13-11-16(12-14-17)15-23-25-21(28)10-4-2-1-3-9-20(27)24-18-7-5-6-8-19(18)26/h5-8,11-15,26H,1-4,9-10H2,(H,24,27)(H,25,28)/b23-15+. The van der Waals surface area contributed by atoms with Crippen LogP contribution in [0.4, 0.5) is 5.69 Å². The molecule has 0 bridgehead atoms. The quantitative estimate of drug-likeness (QED) is 0.150. The first kappa shape index (κ1) is 21.9. The van der Waals surface area contributed by atoms with Crippen LogP contribution >= 0.6 is 22.6 Å². The summed E-state index contributed by atoms with van der Waals surface area (Å²) in [5, 5.41) is 16.3. The first-order valence-electron chi connectivity index (χ1n) is 9.20. The molecule has 0 radical (unpaired) electrons. The van der Waals surface area contributed by atoms with Crippen LogP contribution in [0.3, 0.4) is 0 Å². The third-order valence-corrected chi connectivity index (χ3v) is 4.73. The number of phenolic OH excluding ortho intramolecular Hbond substituents is 1. The number of rotatable bonds is 10. The Hall–Kier alpha value is -2.42. The lowest BCUT2D eigenvalue weighted by Gasteiger charge is -2.06. The molecule has 2 rings (SSSR count). The lowest BCUT2D eigenvalue weighted by molar-refractivity contribution is -0.121. The number of hydrogen-bond donors (Lipinski definition) is 3. The van der Waals surface area contributed by atoms with E-state index < -0.39 is 0 Å². The highest BCUT2D eigenvalue weighted by Gasteiger charge is 2.05. The number of nitrogens with one attached hydrogen (secondary N) is 2. The summed E-state index contributed by atoms with van der Waals surface area (Å²) in [5.74, 6) is -0.172. The second kappa shape index (κ2) is 12.1. The highest BCUT2D eigenvalue weighted by molar-refractivity contribution is 14.1. The Morgan fingerprint density at radius 1 is 0.929 bits per heavy atom. The fourth-order valence-corrected chi connectivity index (χ4v) is 2.86. The van der Waals surface area contributed by atoms with Crippen LogP contribution in [0.1, 0.15) is 44.1 Å². The molecule has 6 nitrogen and oxygen atoms in total. The topological polar surface area (TPSA) is 90.8 Å². The first-order valence-corrected chi connectivity index (χ1v) is 10.3. The molecule has 0 aromatic heterocycles. The number of benzene rings is 2. The number of carbonyl (C=O) groups is 2. The number of carbonyl (C=O) groups excluding carboxylic acids is 2. The van der Waals surface area contributed by atoms with Gasteiger partial charge in [0.15, 0.2) is 0 Å². The van der Waals surface area contributed by atoms with Crippen molar-refractivity contribution in [2.75, 3.05) is 5.32 Å². The predicted octanol–water partition coefficient (Wildman–Crippen LogP) is 4.43. The lowest BCUT2D eigenvalue weighted by Crippen LogP contribution is -2.16. The third kappa shape index (κ3) is 8.51. The number of phenols is 1. The predicted molar refractivity (Wildman–Crippen MR) is 119 cm³/mol. The Bertz CT molecular complexity index is 807. The maximum Gasteiger partial charge on any atom is 0.240 e. The summed E-state index contributed by atoms with van der Waals surface area (Å²) in [4.78, 5) is 23.6. The molecule has 0 saturated carbocycles. The molecule has 0 aliphatic heterocycles. The van der Waals surface area contributed by atoms with Crippen LogP contribution in [0.2, 0.25) is 0 Å². The van der Waals surface area contributed by atoms with Gasteiger partial charge in [-0.15, -0.1) is 0 Å². The van der Waals surface area contributed by atoms with Crippen LogP contribution < -0.4 is 10.7 Å². The van der Waals surface area contributed by atoms with Crippen LogP contribution in [0, 0.1) is 3.57 Å². The number of anilines is 1. The van der Waals surface area contributed by atoms with Crippen molar-refractivity contribution in [2.45, 2.75) is 38.5 Å². The zero-order valence-electron chi connectivity index (χ0n) is 15.5. The number of unbranched alkanes of at least 4 members (excludes halogenated alkanes) is 3. The summed E-state index contributed by atoms with van der Waals surface area (Å²) >= 11 is 2.23. The number of amides is 2. The van der Waals surface area contributed by atoms with Gasteiger partial charge in [0, 0.05) is 16.4 Å². The number of hydrogen-bond acceptors (Lipinski definition) is 4. The van der Waals surface area contributed by atoms with Gasteiger partial charge in [0.2, 0.25) is 11.8 Å². The van der Waals surface area contributed by atoms with E-state index in [1.165, 1.54) is 6.07 Å². The van der Waals surface area contributed by atoms with E-state index in [-0.39, 0.29) is 17.6 Å². The fraction of sp³-hybridized carbons (Fsp3) is 0.286. The summed E-state index contributed by atoms with van der Waals surface area (Å²) in [6.07, 6.45) is 5.66. The van der Waals surface area contributed by atoms with E-state index in [9.17, 15) is 14.7 Å². The highest BCUT2D eigenvalue weighted by Crippen LogP contribution is 2.21. The zero-order chi connectivity index (χ0) is 20.2. The first-order chi connectivity index (χ1) is 13.5. The molecule has 0 fully saturated rings. The molecule has 28 heavy (non-hydrogen) atoms. The lowest BCUT2D eigenvalue weighted by atomic mass is 10.1. The largest absolute Gasteiger partial charge is 0.506 e. The average molecular weight is 493 g/mol. The van der Waals surface area contributed by atoms with Crippen molar-refractivity contribution in [2.24, 2.45) is 5.10 Å². The molecule has 0 spiro atoms. The molecule has 0 unspecified atom stereocenters. The molecule has 0 saturated heterocycles. The van der Waals surface area contributed by atoms with E-state index in [2.05, 4.69) is 38.4 Å². The SMILES string of the molecule is O=C(CCCCCCC(=O)Nc1ccccc1O)N/N=C/c1ccc(I)cc1. The Morgan fingerprint density at radius 3 is 2.25 bits per heavy atom. The summed E-state index contributed by atoms with van der Waals surface area (Å²) < 4.78 is 1.15. The Morgan fingerprint density at radius 2 is 1.57 bits per heavy atom. The fourth-order valence-electron chi connectivity index (χ4n) is 2.50. The van der Waals surface area contributed by atoms with Crippen LogP contribution in [0.25, 0.3) is 0 Å². The van der Waals surface area contributed by atoms with Crippen molar-refractivity contribution in [1.82, 2.24) is 5.43 Å². The minimum absolute atomic E-state index is 0.0616. The molecule has 2 aromatic carbocycles. The van der Waals surface area contributed by atoms with E-state index in [4.69, 9.17) is 0 Å². The molecule has 0 aliphatic carbocycles. The monoisotopic (exact) mass is 493 g/mol. The second-order valence-electron chi connectivity index (χ2n) is 6.32. The van der Waals surface area contributed by atoms with Crippen molar-refractivity contribution >= 4 is 46.3 Å². The molecule has 0 atom stereocenters. The molecule has 7 heteroatoms. The molecule has 0 heterocycles. The van der Waals surface area contributed by atoms with Crippen molar-refractivity contribution < 1.29 is 14.7 Å². The molecular formula is C21H24IN3O3. The summed E-state index contributed by atoms with van der Waals surface area (Å²) in [7, 11) is 0. The molecule has 148 valence electrons. The van der Waals surface area contributed by atoms with Gasteiger partial charge in [-0.2, -0.15) is 5.10 Å². The van der Waals surface area contributed by atoms with Crippen molar-refractivity contribution in [3.63, 3.8) is 0 Å². The minimum Gasteiger partial charge on any atom is -0.506 e. The van der Waals surface area contributed by atoms with Gasteiger partial charge < -0.3 is 10.4 Å². The van der Waals surface area contributed by atoms with Crippen LogP contribution in [0.15, 0.2) is 53.6 Å². The smallest absolute Gasteiger partial charge is 0.240 e. The number of nitrogens with zero attached hydrogens (tertiary/aromatic N) is 1. The summed E-state index contributed by atoms with van der Waals surface area (Å²) in [5.41, 5.74) is 3.89. The van der Waals surface area contributed by atoms with E-state index in [0.717, 1.165) is 34.8 Å². The molecule has 3 N–H and O–H groups in total. The van der Waals surface area contributed by atoms with Gasteiger partial charge in [-0.05, 0) is 65.3 Å². The Labute approximate surface area is 178 Å². The minimum atomic E-state index is -0.121. The summed E-state index contributed by atoms with van der Waals surface area (Å²) in [6, 6.07) is 14.5. The van der Waals surface area contributed by atoms with Gasteiger partial charge in [-0.1, -0.05) is 37.1 Å². The number of aromatic hydroxyl groups is 1. The van der Waals surface area contributed by atoms with E-state index in [1.54, 1.807) is 24.4 Å². The van der Waals surface area contributed by atoms with Crippen molar-refractivity contribution in [3.8, 4) is 5.75 Å². The maximum absolute atomic E-state index is 11.9. The van der Waals surface area contributed by atoms with Crippen LogP contribution in [-0.2, 0) is 9.59 Å². The van der Waals surface area contributed by atoms with Crippen molar-refractivity contribution in [1.29, 1.82) is 0 Å². The highest BCUT2D eigenvalue weighted by atomic mass is 127. The average Bonchev–Trinajstić information content (AvgIpc) is 2.68. The normalized spacial score (nSPS) is 10.8. The second-order valence-corrected chi connectivity index (χ2v) is 7.57. The van der Waals surface area contributed by atoms with Gasteiger partial charge in [-0.3, -0.25) is 9.59 Å². The molecule has 0 aliphatic rings. The van der Waals surface area contributed by atoms with Crippen LogP contribution in [0.5, 0.6) is 5.75 Å². The summed E-state index contributed by atoms with van der Waals surface area (Å²) in [6.45, 7) is 0. The van der Waals surface area contributed by atoms with Crippen LogP contribution in [-0.4, -0.2) is 23.1 Å². The van der Waals surface area contributed by atoms with Gasteiger partial charge in [0.1, 0.15) is 5.75 Å². The number of halogens is 1. The third-order valence-electron chi connectivity index (χ3n) is 4.01. The maximum atomic E-state index is 11.9. The molecular weight excluding hydrogens is 469 g/mol. The van der Waals surface area contributed by atoms with Gasteiger partial charge in [0.05, 0.1) is 11.9 Å². The Balaban J connectivity index is 1.52. The van der Waals surface area contributed by atoms with E-state index >= 15 is 0 Å². The zero-order valence-corrected chi connectivity index (χ0v) is 17.7. The van der Waals surface area contributed by atoms with E-state index in [1.807, 2.05) is 24.3 Å². The number of para-hydroxylation sites is 2. The van der Waals surface area contributed by atoms with Gasteiger partial charge >= 0.3 is 0 Å². The van der Waals surface area contributed by atoms with E-state index in [0.29, 0.717) is 18.5 Å². The number of hydrazone groups is 1. The molecule has 2 aromatic rings. The van der Waals surface area contributed by atoms with Gasteiger partial charge in [0.25, 0.3) is 0 Å². The van der Waals surface area contributed by atoms with Gasteiger partial charge in [-0.25, -0.2) is 5.43 Å². The van der Waals surface area contributed by atoms with Crippen molar-refractivity contribution in [3.05, 3.63) is 57.7 Å². The Kier molecular flexibility index (Phi) is 9.47.